The second-order valence-electron chi connectivity index (χ2n) is 7.30. The van der Waals surface area contributed by atoms with Crippen molar-refractivity contribution in [2.45, 2.75) is 45.6 Å². The van der Waals surface area contributed by atoms with Crippen LogP contribution in [0, 0.1) is 6.92 Å². The second kappa shape index (κ2) is 11.2. The number of thiophene rings is 1. The number of rotatable bonds is 8. The van der Waals surface area contributed by atoms with Crippen molar-refractivity contribution in [3.8, 4) is 9.88 Å². The van der Waals surface area contributed by atoms with Crippen molar-refractivity contribution in [3.63, 3.8) is 0 Å². The Balaban J connectivity index is 1.34. The SMILES string of the molecule is CCOC(=O)N1CCC(NC(=O)CCCNC(=O)c2sc(-c3cccs3)nc2C)CC1. The minimum Gasteiger partial charge on any atom is -0.450 e. The summed E-state index contributed by atoms with van der Waals surface area (Å²) in [5.41, 5.74) is 0.720. The predicted molar refractivity (Wildman–Crippen MR) is 121 cm³/mol. The smallest absolute Gasteiger partial charge is 0.409 e. The average molecular weight is 465 g/mol. The Labute approximate surface area is 190 Å². The fourth-order valence-corrected chi connectivity index (χ4v) is 5.14. The van der Waals surface area contributed by atoms with Crippen LogP contribution in [0.3, 0.4) is 0 Å². The van der Waals surface area contributed by atoms with E-state index in [1.54, 1.807) is 23.2 Å². The van der Waals surface area contributed by atoms with Gasteiger partial charge in [0.1, 0.15) is 9.88 Å². The van der Waals surface area contributed by atoms with Crippen molar-refractivity contribution in [2.24, 2.45) is 0 Å². The van der Waals surface area contributed by atoms with Gasteiger partial charge in [0.15, 0.2) is 0 Å². The molecule has 0 atom stereocenters. The molecule has 1 saturated heterocycles. The van der Waals surface area contributed by atoms with E-state index in [2.05, 4.69) is 15.6 Å². The van der Waals surface area contributed by atoms with Gasteiger partial charge in [-0.05, 0) is 44.6 Å². The van der Waals surface area contributed by atoms with E-state index < -0.39 is 0 Å². The van der Waals surface area contributed by atoms with Crippen molar-refractivity contribution in [3.05, 3.63) is 28.1 Å². The first kappa shape index (κ1) is 23.2. The van der Waals surface area contributed by atoms with E-state index in [0.29, 0.717) is 44.0 Å². The standard InChI is InChI=1S/C21H28N4O4S2/c1-3-29-21(28)25-11-8-15(9-12-25)24-17(26)7-4-10-22-19(27)18-14(2)23-20(31-18)16-6-5-13-30-16/h5-6,13,15H,3-4,7-12H2,1-2H3,(H,22,27)(H,24,26). The zero-order valence-corrected chi connectivity index (χ0v) is 19.4. The van der Waals surface area contributed by atoms with Crippen LogP contribution in [0.4, 0.5) is 4.79 Å². The maximum absolute atomic E-state index is 12.5. The molecule has 2 N–H and O–H groups in total. The number of nitrogens with one attached hydrogen (secondary N) is 2. The van der Waals surface area contributed by atoms with Crippen LogP contribution in [-0.2, 0) is 9.53 Å². The average Bonchev–Trinajstić information content (AvgIpc) is 3.41. The first-order valence-corrected chi connectivity index (χ1v) is 12.2. The van der Waals surface area contributed by atoms with Crippen molar-refractivity contribution >= 4 is 40.6 Å². The summed E-state index contributed by atoms with van der Waals surface area (Å²) in [6.45, 7) is 5.59. The fourth-order valence-electron chi connectivity index (χ4n) is 3.36. The molecular formula is C21H28N4O4S2. The number of thiazole rings is 1. The number of aromatic nitrogens is 1. The first-order chi connectivity index (χ1) is 15.0. The van der Waals surface area contributed by atoms with E-state index in [1.165, 1.54) is 11.3 Å². The number of likely N-dealkylation sites (tertiary alicyclic amines) is 1. The third-order valence-electron chi connectivity index (χ3n) is 4.99. The molecule has 0 aromatic carbocycles. The Bertz CT molecular complexity index is 889. The molecule has 1 aliphatic rings. The Hall–Kier alpha value is -2.46. The lowest BCUT2D eigenvalue weighted by molar-refractivity contribution is -0.122. The molecule has 0 radical (unpaired) electrons. The lowest BCUT2D eigenvalue weighted by Crippen LogP contribution is -2.46. The highest BCUT2D eigenvalue weighted by atomic mass is 32.1. The number of hydrogen-bond donors (Lipinski definition) is 2. The molecule has 3 amide bonds. The Kier molecular flexibility index (Phi) is 8.42. The topological polar surface area (TPSA) is 101 Å². The number of carbonyl (C=O) groups excluding carboxylic acids is 3. The molecule has 8 nitrogen and oxygen atoms in total. The second-order valence-corrected chi connectivity index (χ2v) is 9.24. The number of piperidine rings is 1. The van der Waals surface area contributed by atoms with Crippen molar-refractivity contribution in [1.29, 1.82) is 0 Å². The molecule has 3 rings (SSSR count). The number of carbonyl (C=O) groups is 3. The molecule has 0 spiro atoms. The molecule has 0 unspecified atom stereocenters. The van der Waals surface area contributed by atoms with Crippen LogP contribution in [0.1, 0.15) is 48.0 Å². The number of amides is 3. The largest absolute Gasteiger partial charge is 0.450 e. The fraction of sp³-hybridized carbons (Fsp3) is 0.524. The molecule has 168 valence electrons. The third-order valence-corrected chi connectivity index (χ3v) is 7.18. The van der Waals surface area contributed by atoms with Crippen LogP contribution in [0.2, 0.25) is 0 Å². The van der Waals surface area contributed by atoms with Gasteiger partial charge in [0.05, 0.1) is 17.2 Å². The van der Waals surface area contributed by atoms with E-state index in [0.717, 1.165) is 28.4 Å². The highest BCUT2D eigenvalue weighted by Crippen LogP contribution is 2.30. The summed E-state index contributed by atoms with van der Waals surface area (Å²) in [6, 6.07) is 4.03. The molecule has 0 bridgehead atoms. The van der Waals surface area contributed by atoms with E-state index in [4.69, 9.17) is 4.74 Å². The Morgan fingerprint density at radius 1 is 1.29 bits per heavy atom. The Morgan fingerprint density at radius 2 is 2.06 bits per heavy atom. The molecule has 2 aromatic rings. The number of nitrogens with zero attached hydrogens (tertiary/aromatic N) is 2. The van der Waals surface area contributed by atoms with Crippen LogP contribution in [-0.4, -0.2) is 60.1 Å². The van der Waals surface area contributed by atoms with Gasteiger partial charge in [-0.25, -0.2) is 9.78 Å². The summed E-state index contributed by atoms with van der Waals surface area (Å²) >= 11 is 2.99. The lowest BCUT2D eigenvalue weighted by atomic mass is 10.1. The highest BCUT2D eigenvalue weighted by Gasteiger charge is 2.24. The van der Waals surface area contributed by atoms with Crippen molar-refractivity contribution in [1.82, 2.24) is 20.5 Å². The van der Waals surface area contributed by atoms with Crippen molar-refractivity contribution < 1.29 is 19.1 Å². The minimum atomic E-state index is -0.290. The third kappa shape index (κ3) is 6.51. The summed E-state index contributed by atoms with van der Waals surface area (Å²) in [5, 5.41) is 8.74. The van der Waals surface area contributed by atoms with Crippen LogP contribution in [0.25, 0.3) is 9.88 Å². The summed E-state index contributed by atoms with van der Waals surface area (Å²) in [6.07, 6.45) is 2.06. The van der Waals surface area contributed by atoms with Crippen LogP contribution < -0.4 is 10.6 Å². The van der Waals surface area contributed by atoms with E-state index in [1.807, 2.05) is 24.4 Å². The monoisotopic (exact) mass is 464 g/mol. The number of aryl methyl sites for hydroxylation is 1. The van der Waals surface area contributed by atoms with Gasteiger partial charge in [-0.1, -0.05) is 6.07 Å². The maximum atomic E-state index is 12.5. The van der Waals surface area contributed by atoms with Gasteiger partial charge in [-0.2, -0.15) is 0 Å². The van der Waals surface area contributed by atoms with Crippen LogP contribution >= 0.6 is 22.7 Å². The van der Waals surface area contributed by atoms with Crippen molar-refractivity contribution in [2.75, 3.05) is 26.2 Å². The first-order valence-electron chi connectivity index (χ1n) is 10.5. The summed E-state index contributed by atoms with van der Waals surface area (Å²) in [7, 11) is 0. The molecule has 31 heavy (non-hydrogen) atoms. The van der Waals surface area contributed by atoms with Gasteiger partial charge in [0.25, 0.3) is 5.91 Å². The van der Waals surface area contributed by atoms with Gasteiger partial charge >= 0.3 is 6.09 Å². The van der Waals surface area contributed by atoms with Gasteiger partial charge in [-0.15, -0.1) is 22.7 Å². The van der Waals surface area contributed by atoms with Gasteiger partial charge in [-0.3, -0.25) is 9.59 Å². The van der Waals surface area contributed by atoms with Gasteiger partial charge in [0.2, 0.25) is 5.91 Å². The maximum Gasteiger partial charge on any atom is 0.409 e. The molecule has 1 aliphatic heterocycles. The molecule has 0 saturated carbocycles. The van der Waals surface area contributed by atoms with Gasteiger partial charge in [0, 0.05) is 32.1 Å². The quantitative estimate of drug-likeness (QED) is 0.583. The summed E-state index contributed by atoms with van der Waals surface area (Å²) < 4.78 is 5.00. The van der Waals surface area contributed by atoms with E-state index in [-0.39, 0.29) is 23.9 Å². The normalized spacial score (nSPS) is 14.3. The van der Waals surface area contributed by atoms with Gasteiger partial charge < -0.3 is 20.3 Å². The molecule has 3 heterocycles. The Morgan fingerprint density at radius 3 is 2.74 bits per heavy atom. The molecule has 0 aliphatic carbocycles. The van der Waals surface area contributed by atoms with Crippen LogP contribution in [0.15, 0.2) is 17.5 Å². The highest BCUT2D eigenvalue weighted by molar-refractivity contribution is 7.22. The molecule has 2 aromatic heterocycles. The molecular weight excluding hydrogens is 436 g/mol. The zero-order valence-electron chi connectivity index (χ0n) is 17.8. The van der Waals surface area contributed by atoms with E-state index in [9.17, 15) is 14.4 Å². The van der Waals surface area contributed by atoms with Crippen LogP contribution in [0.5, 0.6) is 0 Å². The number of hydrogen-bond acceptors (Lipinski definition) is 7. The van der Waals surface area contributed by atoms with E-state index >= 15 is 0 Å². The number of ether oxygens (including phenoxy) is 1. The predicted octanol–water partition coefficient (Wildman–Crippen LogP) is 3.43. The summed E-state index contributed by atoms with van der Waals surface area (Å²) in [4.78, 5) is 44.2. The molecule has 10 heteroatoms. The minimum absolute atomic E-state index is 0.0298. The summed E-state index contributed by atoms with van der Waals surface area (Å²) in [5.74, 6) is -0.178. The molecule has 1 fully saturated rings. The zero-order chi connectivity index (χ0) is 22.2. The lowest BCUT2D eigenvalue weighted by Gasteiger charge is -2.31.